The molecule has 0 spiro atoms. The molecule has 3 atom stereocenters. The summed E-state index contributed by atoms with van der Waals surface area (Å²) in [6.07, 6.45) is 5.73. The molecule has 2 aromatic rings. The van der Waals surface area contributed by atoms with Crippen molar-refractivity contribution in [1.82, 2.24) is 10.2 Å². The Kier molecular flexibility index (Phi) is 7.23. The number of fused-ring (bicyclic) bond motifs is 2. The highest BCUT2D eigenvalue weighted by Crippen LogP contribution is 2.32. The van der Waals surface area contributed by atoms with Crippen LogP contribution < -0.4 is 15.4 Å². The molecule has 2 heterocycles. The van der Waals surface area contributed by atoms with E-state index in [1.807, 2.05) is 6.07 Å². The van der Waals surface area contributed by atoms with Gasteiger partial charge in [-0.1, -0.05) is 31.0 Å². The van der Waals surface area contributed by atoms with Crippen molar-refractivity contribution in [2.45, 2.75) is 69.2 Å². The standard InChI is InChI=1S/C28H33N3O5/c1-31-23-13-12-21(16-26(32)29-19-9-5-6-10-19)36-25(23)17-35-24-14-11-20(15-22(24)28(31)34)30-27(33)18-7-3-2-4-8-18/h2-4,7-8,11,14-15,19,21,23,25H,5-6,9-10,12-13,16-17H2,1H3,(H,29,32)(H,30,33)/t21-,23-,25+/m1/s1. The molecule has 0 bridgehead atoms. The topological polar surface area (TPSA) is 97.0 Å². The maximum Gasteiger partial charge on any atom is 0.257 e. The highest BCUT2D eigenvalue weighted by molar-refractivity contribution is 6.05. The van der Waals surface area contributed by atoms with E-state index in [9.17, 15) is 14.4 Å². The van der Waals surface area contributed by atoms with Crippen LogP contribution in [0.25, 0.3) is 0 Å². The fourth-order valence-electron chi connectivity index (χ4n) is 5.46. The summed E-state index contributed by atoms with van der Waals surface area (Å²) < 4.78 is 12.3. The molecule has 0 unspecified atom stereocenters. The first-order valence-corrected chi connectivity index (χ1v) is 12.8. The number of amides is 3. The van der Waals surface area contributed by atoms with Crippen LogP contribution in [0.5, 0.6) is 5.75 Å². The van der Waals surface area contributed by atoms with Gasteiger partial charge in [0.2, 0.25) is 5.91 Å². The Morgan fingerprint density at radius 2 is 1.81 bits per heavy atom. The molecule has 36 heavy (non-hydrogen) atoms. The van der Waals surface area contributed by atoms with Gasteiger partial charge in [0.05, 0.1) is 24.1 Å². The molecule has 8 heteroatoms. The van der Waals surface area contributed by atoms with E-state index in [1.165, 1.54) is 12.8 Å². The molecule has 2 aromatic carbocycles. The Bertz CT molecular complexity index is 1120. The van der Waals surface area contributed by atoms with Crippen molar-refractivity contribution in [3.8, 4) is 5.75 Å². The van der Waals surface area contributed by atoms with Gasteiger partial charge < -0.3 is 25.0 Å². The highest BCUT2D eigenvalue weighted by atomic mass is 16.5. The Morgan fingerprint density at radius 3 is 2.58 bits per heavy atom. The summed E-state index contributed by atoms with van der Waals surface area (Å²) in [6.45, 7) is 0.283. The second-order valence-corrected chi connectivity index (χ2v) is 9.95. The quantitative estimate of drug-likeness (QED) is 0.664. The summed E-state index contributed by atoms with van der Waals surface area (Å²) in [5.41, 5.74) is 1.47. The first-order chi connectivity index (χ1) is 17.5. The van der Waals surface area contributed by atoms with Crippen LogP contribution in [-0.4, -0.2) is 60.6 Å². The van der Waals surface area contributed by atoms with Crippen LogP contribution in [0, 0.1) is 0 Å². The van der Waals surface area contributed by atoms with E-state index in [4.69, 9.17) is 9.47 Å². The van der Waals surface area contributed by atoms with E-state index in [1.54, 1.807) is 54.4 Å². The molecule has 5 rings (SSSR count). The molecule has 3 amide bonds. The Balaban J connectivity index is 1.25. The smallest absolute Gasteiger partial charge is 0.257 e. The molecule has 2 N–H and O–H groups in total. The van der Waals surface area contributed by atoms with Gasteiger partial charge in [-0.3, -0.25) is 14.4 Å². The van der Waals surface area contributed by atoms with Crippen LogP contribution in [0.1, 0.15) is 65.7 Å². The van der Waals surface area contributed by atoms with E-state index < -0.39 is 0 Å². The Morgan fingerprint density at radius 1 is 1.03 bits per heavy atom. The van der Waals surface area contributed by atoms with Crippen LogP contribution in [0.15, 0.2) is 48.5 Å². The Hall–Kier alpha value is -3.39. The number of carbonyl (C=O) groups is 3. The van der Waals surface area contributed by atoms with E-state index in [0.717, 1.165) is 19.3 Å². The molecule has 2 fully saturated rings. The predicted molar refractivity (Wildman–Crippen MR) is 135 cm³/mol. The Labute approximate surface area is 211 Å². The lowest BCUT2D eigenvalue weighted by Gasteiger charge is -2.42. The lowest BCUT2D eigenvalue weighted by Crippen LogP contribution is -2.54. The SMILES string of the molecule is CN1C(=O)c2cc(NC(=O)c3ccccc3)ccc2OC[C@@H]2O[C@@H](CC(=O)NC3CCCC3)CC[C@H]21. The molecule has 190 valence electrons. The van der Waals surface area contributed by atoms with Gasteiger partial charge >= 0.3 is 0 Å². The van der Waals surface area contributed by atoms with Crippen LogP contribution in [0.2, 0.25) is 0 Å². The van der Waals surface area contributed by atoms with Crippen molar-refractivity contribution in [1.29, 1.82) is 0 Å². The van der Waals surface area contributed by atoms with Crippen molar-refractivity contribution in [2.24, 2.45) is 0 Å². The second-order valence-electron chi connectivity index (χ2n) is 9.95. The van der Waals surface area contributed by atoms with Crippen molar-refractivity contribution < 1.29 is 23.9 Å². The summed E-state index contributed by atoms with van der Waals surface area (Å²) in [4.78, 5) is 40.2. The van der Waals surface area contributed by atoms with Crippen molar-refractivity contribution in [2.75, 3.05) is 19.0 Å². The third-order valence-corrected chi connectivity index (χ3v) is 7.44. The number of benzene rings is 2. The van der Waals surface area contributed by atoms with Gasteiger partial charge in [-0.2, -0.15) is 0 Å². The summed E-state index contributed by atoms with van der Waals surface area (Å²) in [7, 11) is 1.78. The lowest BCUT2D eigenvalue weighted by atomic mass is 9.94. The van der Waals surface area contributed by atoms with E-state index >= 15 is 0 Å². The molecule has 3 aliphatic rings. The monoisotopic (exact) mass is 491 g/mol. The summed E-state index contributed by atoms with van der Waals surface area (Å²) in [6, 6.07) is 14.2. The number of anilines is 1. The van der Waals surface area contributed by atoms with E-state index in [2.05, 4.69) is 10.6 Å². The van der Waals surface area contributed by atoms with Crippen LogP contribution >= 0.6 is 0 Å². The van der Waals surface area contributed by atoms with Crippen LogP contribution in [0.3, 0.4) is 0 Å². The zero-order chi connectivity index (χ0) is 25.1. The van der Waals surface area contributed by atoms with Crippen molar-refractivity contribution in [3.63, 3.8) is 0 Å². The van der Waals surface area contributed by atoms with Crippen molar-refractivity contribution >= 4 is 23.4 Å². The number of ether oxygens (including phenoxy) is 2. The number of rotatable bonds is 5. The summed E-state index contributed by atoms with van der Waals surface area (Å²) >= 11 is 0. The number of carbonyl (C=O) groups excluding carboxylic acids is 3. The maximum atomic E-state index is 13.4. The fraction of sp³-hybridized carbons (Fsp3) is 0.464. The largest absolute Gasteiger partial charge is 0.490 e. The number of hydrogen-bond donors (Lipinski definition) is 2. The average molecular weight is 492 g/mol. The molecule has 0 aromatic heterocycles. The molecule has 8 nitrogen and oxygen atoms in total. The molecule has 1 saturated carbocycles. The van der Waals surface area contributed by atoms with Gasteiger partial charge in [-0.25, -0.2) is 0 Å². The van der Waals surface area contributed by atoms with Gasteiger partial charge in [0, 0.05) is 24.3 Å². The van der Waals surface area contributed by atoms with Crippen LogP contribution in [-0.2, 0) is 9.53 Å². The first kappa shape index (κ1) is 24.3. The minimum atomic E-state index is -0.317. The molecule has 1 saturated heterocycles. The number of hydrogen-bond acceptors (Lipinski definition) is 5. The number of nitrogens with zero attached hydrogens (tertiary/aromatic N) is 1. The van der Waals surface area contributed by atoms with Gasteiger partial charge in [-0.15, -0.1) is 0 Å². The molecule has 0 radical (unpaired) electrons. The van der Waals surface area contributed by atoms with Gasteiger partial charge in [-0.05, 0) is 56.0 Å². The first-order valence-electron chi connectivity index (χ1n) is 12.8. The maximum absolute atomic E-state index is 13.4. The highest BCUT2D eigenvalue weighted by Gasteiger charge is 2.39. The zero-order valence-electron chi connectivity index (χ0n) is 20.6. The van der Waals surface area contributed by atoms with Gasteiger partial charge in [0.15, 0.2) is 0 Å². The van der Waals surface area contributed by atoms with E-state index in [0.29, 0.717) is 41.4 Å². The molecule has 1 aliphatic carbocycles. The third-order valence-electron chi connectivity index (χ3n) is 7.44. The predicted octanol–water partition coefficient (Wildman–Crippen LogP) is 3.77. The van der Waals surface area contributed by atoms with Gasteiger partial charge in [0.25, 0.3) is 11.8 Å². The number of nitrogens with one attached hydrogen (secondary N) is 2. The second kappa shape index (κ2) is 10.7. The van der Waals surface area contributed by atoms with Crippen molar-refractivity contribution in [3.05, 3.63) is 59.7 Å². The minimum absolute atomic E-state index is 0.0389. The third kappa shape index (κ3) is 5.38. The van der Waals surface area contributed by atoms with Crippen LogP contribution in [0.4, 0.5) is 5.69 Å². The lowest BCUT2D eigenvalue weighted by molar-refractivity contribution is -0.134. The fourth-order valence-corrected chi connectivity index (χ4v) is 5.46. The minimum Gasteiger partial charge on any atom is -0.490 e. The average Bonchev–Trinajstić information content (AvgIpc) is 3.40. The summed E-state index contributed by atoms with van der Waals surface area (Å²) in [5, 5.41) is 5.99. The normalized spacial score (nSPS) is 24.1. The molecular weight excluding hydrogens is 458 g/mol. The number of likely N-dealkylation sites (N-methyl/N-ethyl adjacent to an activating group) is 1. The van der Waals surface area contributed by atoms with Gasteiger partial charge in [0.1, 0.15) is 18.5 Å². The zero-order valence-corrected chi connectivity index (χ0v) is 20.6. The van der Waals surface area contributed by atoms with E-state index in [-0.39, 0.29) is 42.6 Å². The molecule has 2 aliphatic heterocycles. The summed E-state index contributed by atoms with van der Waals surface area (Å²) in [5.74, 6) is 0.0630. The molecular formula is C28H33N3O5.